The number of nitrogens with zero attached hydrogens (tertiary/aromatic N) is 1. The molecule has 1 aromatic carbocycles. The van der Waals surface area contributed by atoms with Gasteiger partial charge in [-0.25, -0.2) is 0 Å². The Hall–Kier alpha value is -1.90. The van der Waals surface area contributed by atoms with Crippen molar-refractivity contribution in [3.8, 4) is 6.07 Å². The molecule has 5 nitrogen and oxygen atoms in total. The molecule has 0 fully saturated rings. The summed E-state index contributed by atoms with van der Waals surface area (Å²) in [4.78, 5) is 11.6. The van der Waals surface area contributed by atoms with Crippen LogP contribution in [0.15, 0.2) is 24.3 Å². The molecule has 108 valence electrons. The summed E-state index contributed by atoms with van der Waals surface area (Å²) in [6.07, 6.45) is 0.813. The number of hydrogen-bond donors (Lipinski definition) is 2. The minimum Gasteiger partial charge on any atom is -0.385 e. The molecule has 1 rings (SSSR count). The normalized spacial score (nSPS) is 11.7. The molecular weight excluding hydrogens is 254 g/mol. The molecule has 1 aromatic rings. The van der Waals surface area contributed by atoms with E-state index in [2.05, 4.69) is 16.7 Å². The molecule has 0 heterocycles. The molecule has 0 spiro atoms. The number of carbonyl (C=O) groups is 1. The van der Waals surface area contributed by atoms with Gasteiger partial charge in [0.15, 0.2) is 0 Å². The van der Waals surface area contributed by atoms with E-state index in [9.17, 15) is 4.79 Å². The van der Waals surface area contributed by atoms with Crippen molar-refractivity contribution in [2.24, 2.45) is 0 Å². The second-order valence-corrected chi connectivity index (χ2v) is 4.53. The van der Waals surface area contributed by atoms with Crippen LogP contribution in [-0.4, -0.2) is 32.7 Å². The molecule has 2 N–H and O–H groups in total. The first-order chi connectivity index (χ1) is 9.67. The van der Waals surface area contributed by atoms with Crippen LogP contribution in [0, 0.1) is 11.3 Å². The van der Waals surface area contributed by atoms with Gasteiger partial charge in [-0.15, -0.1) is 0 Å². The van der Waals surface area contributed by atoms with Gasteiger partial charge in [0.05, 0.1) is 18.2 Å². The molecule has 5 heteroatoms. The van der Waals surface area contributed by atoms with E-state index in [-0.39, 0.29) is 18.5 Å². The van der Waals surface area contributed by atoms with Crippen molar-refractivity contribution < 1.29 is 9.53 Å². The minimum absolute atomic E-state index is 0.0263. The maximum Gasteiger partial charge on any atom is 0.233 e. The van der Waals surface area contributed by atoms with Gasteiger partial charge in [-0.2, -0.15) is 5.26 Å². The van der Waals surface area contributed by atoms with Gasteiger partial charge in [0, 0.05) is 26.3 Å². The number of nitriles is 1. The van der Waals surface area contributed by atoms with E-state index in [1.165, 1.54) is 0 Å². The molecule has 20 heavy (non-hydrogen) atoms. The van der Waals surface area contributed by atoms with Crippen LogP contribution in [0.3, 0.4) is 0 Å². The smallest absolute Gasteiger partial charge is 0.233 e. The van der Waals surface area contributed by atoms with Gasteiger partial charge in [-0.05, 0) is 31.0 Å². The van der Waals surface area contributed by atoms with Gasteiger partial charge < -0.3 is 15.4 Å². The average molecular weight is 275 g/mol. The van der Waals surface area contributed by atoms with Crippen molar-refractivity contribution in [3.63, 3.8) is 0 Å². The fraction of sp³-hybridized carbons (Fsp3) is 0.467. The Morgan fingerprint density at radius 2 is 2.10 bits per heavy atom. The molecule has 0 aromatic heterocycles. The Morgan fingerprint density at radius 3 is 2.70 bits per heavy atom. The third kappa shape index (κ3) is 5.83. The van der Waals surface area contributed by atoms with Crippen LogP contribution in [0.2, 0.25) is 0 Å². The topological polar surface area (TPSA) is 74.2 Å². The number of rotatable bonds is 8. The van der Waals surface area contributed by atoms with Crippen molar-refractivity contribution >= 4 is 5.91 Å². The third-order valence-electron chi connectivity index (χ3n) is 2.96. The molecule has 1 atom stereocenters. The van der Waals surface area contributed by atoms with Gasteiger partial charge >= 0.3 is 0 Å². The predicted molar refractivity (Wildman–Crippen MR) is 77.1 cm³/mol. The second kappa shape index (κ2) is 9.08. The Kier molecular flexibility index (Phi) is 7.33. The van der Waals surface area contributed by atoms with Gasteiger partial charge in [0.1, 0.15) is 0 Å². The van der Waals surface area contributed by atoms with E-state index < -0.39 is 0 Å². The first-order valence-corrected chi connectivity index (χ1v) is 6.66. The molecular formula is C15H21N3O2. The average Bonchev–Trinajstić information content (AvgIpc) is 2.49. The Bertz CT molecular complexity index is 451. The third-order valence-corrected chi connectivity index (χ3v) is 2.96. The first-order valence-electron chi connectivity index (χ1n) is 6.66. The summed E-state index contributed by atoms with van der Waals surface area (Å²) in [6, 6.07) is 9.49. The number of hydrogen-bond acceptors (Lipinski definition) is 4. The lowest BCUT2D eigenvalue weighted by Crippen LogP contribution is -2.35. The summed E-state index contributed by atoms with van der Waals surface area (Å²) in [6.45, 7) is 3.53. The highest BCUT2D eigenvalue weighted by atomic mass is 16.5. The van der Waals surface area contributed by atoms with Crippen molar-refractivity contribution in [1.82, 2.24) is 10.6 Å². The van der Waals surface area contributed by atoms with Crippen LogP contribution >= 0.6 is 0 Å². The molecule has 0 radical (unpaired) electrons. The lowest BCUT2D eigenvalue weighted by Gasteiger charge is -2.14. The Labute approximate surface area is 119 Å². The van der Waals surface area contributed by atoms with Crippen LogP contribution in [0.1, 0.15) is 30.5 Å². The van der Waals surface area contributed by atoms with Crippen molar-refractivity contribution in [1.29, 1.82) is 5.26 Å². The lowest BCUT2D eigenvalue weighted by atomic mass is 10.1. The predicted octanol–water partition coefficient (Wildman–Crippen LogP) is 1.36. The highest BCUT2D eigenvalue weighted by Crippen LogP contribution is 2.12. The summed E-state index contributed by atoms with van der Waals surface area (Å²) >= 11 is 0. The first kappa shape index (κ1) is 16.2. The highest BCUT2D eigenvalue weighted by molar-refractivity contribution is 5.77. The summed E-state index contributed by atoms with van der Waals surface area (Å²) in [5.41, 5.74) is 1.69. The summed E-state index contributed by atoms with van der Waals surface area (Å²) in [5, 5.41) is 14.7. The fourth-order valence-electron chi connectivity index (χ4n) is 1.72. The van der Waals surface area contributed by atoms with E-state index >= 15 is 0 Å². The minimum atomic E-state index is -0.0263. The maximum absolute atomic E-state index is 11.6. The lowest BCUT2D eigenvalue weighted by molar-refractivity contribution is -0.120. The summed E-state index contributed by atoms with van der Waals surface area (Å²) in [7, 11) is 1.64. The monoisotopic (exact) mass is 275 g/mol. The number of ether oxygens (including phenoxy) is 1. The Balaban J connectivity index is 2.29. The number of amides is 1. The number of benzene rings is 1. The van der Waals surface area contributed by atoms with Gasteiger partial charge in [0.25, 0.3) is 0 Å². The van der Waals surface area contributed by atoms with Crippen molar-refractivity contribution in [2.75, 3.05) is 26.8 Å². The second-order valence-electron chi connectivity index (χ2n) is 4.53. The quantitative estimate of drug-likeness (QED) is 0.703. The number of methoxy groups -OCH3 is 1. The molecule has 0 aliphatic heterocycles. The molecule has 0 saturated heterocycles. The van der Waals surface area contributed by atoms with E-state index in [0.717, 1.165) is 12.0 Å². The maximum atomic E-state index is 11.6. The zero-order valence-electron chi connectivity index (χ0n) is 12.0. The van der Waals surface area contributed by atoms with E-state index in [1.807, 2.05) is 19.1 Å². The summed E-state index contributed by atoms with van der Waals surface area (Å²) in [5.74, 6) is -0.0263. The molecule has 0 bridgehead atoms. The molecule has 1 amide bonds. The standard InChI is InChI=1S/C15H21N3O2/c1-12(14-6-4-13(10-16)5-7-14)18-11-15(19)17-8-3-9-20-2/h4-7,12,18H,3,8-9,11H2,1-2H3,(H,17,19). The van der Waals surface area contributed by atoms with Crippen LogP contribution in [0.4, 0.5) is 0 Å². The molecule has 0 aliphatic rings. The van der Waals surface area contributed by atoms with Gasteiger partial charge in [-0.3, -0.25) is 4.79 Å². The fourth-order valence-corrected chi connectivity index (χ4v) is 1.72. The van der Waals surface area contributed by atoms with Crippen LogP contribution in [-0.2, 0) is 9.53 Å². The van der Waals surface area contributed by atoms with E-state index in [1.54, 1.807) is 19.2 Å². The van der Waals surface area contributed by atoms with Gasteiger partial charge in [0.2, 0.25) is 5.91 Å². The zero-order chi connectivity index (χ0) is 14.8. The largest absolute Gasteiger partial charge is 0.385 e. The van der Waals surface area contributed by atoms with E-state index in [0.29, 0.717) is 18.7 Å². The van der Waals surface area contributed by atoms with Crippen molar-refractivity contribution in [3.05, 3.63) is 35.4 Å². The zero-order valence-corrected chi connectivity index (χ0v) is 12.0. The molecule has 0 saturated carbocycles. The van der Waals surface area contributed by atoms with Crippen molar-refractivity contribution in [2.45, 2.75) is 19.4 Å². The van der Waals surface area contributed by atoms with Crippen LogP contribution in [0.25, 0.3) is 0 Å². The van der Waals surface area contributed by atoms with Crippen LogP contribution < -0.4 is 10.6 Å². The SMILES string of the molecule is COCCCNC(=O)CNC(C)c1ccc(C#N)cc1. The van der Waals surface area contributed by atoms with Crippen LogP contribution in [0.5, 0.6) is 0 Å². The highest BCUT2D eigenvalue weighted by Gasteiger charge is 2.07. The molecule has 0 aliphatic carbocycles. The number of carbonyl (C=O) groups excluding carboxylic acids is 1. The van der Waals surface area contributed by atoms with Gasteiger partial charge in [-0.1, -0.05) is 12.1 Å². The van der Waals surface area contributed by atoms with E-state index in [4.69, 9.17) is 10.00 Å². The summed E-state index contributed by atoms with van der Waals surface area (Å²) < 4.78 is 4.91. The molecule has 1 unspecified atom stereocenters. The number of nitrogens with one attached hydrogen (secondary N) is 2. The Morgan fingerprint density at radius 1 is 1.40 bits per heavy atom.